The monoisotopic (exact) mass is 441 g/mol. The molecule has 9 heteroatoms. The molecule has 1 N–H and O–H groups in total. The molecule has 0 atom stereocenters. The predicted octanol–water partition coefficient (Wildman–Crippen LogP) is 4.69. The summed E-state index contributed by atoms with van der Waals surface area (Å²) in [7, 11) is -3.02. The number of pyridine rings is 2. The van der Waals surface area contributed by atoms with Crippen molar-refractivity contribution in [1.29, 1.82) is 0 Å². The number of methoxy groups -OCH3 is 1. The maximum Gasteiger partial charge on any atom is 0.264 e. The fourth-order valence-corrected chi connectivity index (χ4v) is 4.31. The van der Waals surface area contributed by atoms with Crippen LogP contribution in [0.1, 0.15) is 5.56 Å². The second-order valence-corrected chi connectivity index (χ2v) is 8.47. The van der Waals surface area contributed by atoms with Crippen molar-refractivity contribution in [3.63, 3.8) is 0 Å². The molecule has 0 saturated carbocycles. The summed E-state index contributed by atoms with van der Waals surface area (Å²) in [6.45, 7) is 1.97. The van der Waals surface area contributed by atoms with E-state index in [1.54, 1.807) is 12.4 Å². The number of anilines is 1. The highest BCUT2D eigenvalue weighted by molar-refractivity contribution is 7.92. The van der Waals surface area contributed by atoms with Gasteiger partial charge in [0.1, 0.15) is 22.2 Å². The standard InChI is InChI=1S/C22H17F2N3O3S/c1-13-7-8-25-19-5-3-14(9-17(13)19)15-10-20(22(30-2)26-12-15)27-31(28,29)21-6-4-16(23)11-18(21)24/h3-12,27H,1-2H3. The zero-order valence-corrected chi connectivity index (χ0v) is 17.4. The van der Waals surface area contributed by atoms with E-state index in [9.17, 15) is 17.2 Å². The number of halogens is 2. The van der Waals surface area contributed by atoms with E-state index in [1.165, 1.54) is 13.2 Å². The maximum atomic E-state index is 14.0. The van der Waals surface area contributed by atoms with E-state index < -0.39 is 26.6 Å². The number of nitrogens with one attached hydrogen (secondary N) is 1. The SMILES string of the molecule is COc1ncc(-c2ccc3nccc(C)c3c2)cc1NS(=O)(=O)c1ccc(F)cc1F. The largest absolute Gasteiger partial charge is 0.480 e. The Balaban J connectivity index is 1.77. The number of aromatic nitrogens is 2. The topological polar surface area (TPSA) is 81.2 Å². The van der Waals surface area contributed by atoms with Gasteiger partial charge in [0.25, 0.3) is 10.0 Å². The molecule has 31 heavy (non-hydrogen) atoms. The van der Waals surface area contributed by atoms with Crippen molar-refractivity contribution >= 4 is 26.6 Å². The van der Waals surface area contributed by atoms with Crippen molar-refractivity contribution in [1.82, 2.24) is 9.97 Å². The first-order chi connectivity index (χ1) is 14.8. The van der Waals surface area contributed by atoms with E-state index in [0.717, 1.165) is 34.2 Å². The van der Waals surface area contributed by atoms with Crippen LogP contribution in [0.25, 0.3) is 22.0 Å². The first-order valence-electron chi connectivity index (χ1n) is 9.16. The number of ether oxygens (including phenoxy) is 1. The van der Waals surface area contributed by atoms with Gasteiger partial charge in [0.05, 0.1) is 12.6 Å². The van der Waals surface area contributed by atoms with Crippen LogP contribution in [-0.4, -0.2) is 25.5 Å². The third-order valence-corrected chi connectivity index (χ3v) is 6.16. The lowest BCUT2D eigenvalue weighted by molar-refractivity contribution is 0.400. The first kappa shape index (κ1) is 20.7. The van der Waals surface area contributed by atoms with Gasteiger partial charge < -0.3 is 4.74 Å². The summed E-state index contributed by atoms with van der Waals surface area (Å²) in [5.41, 5.74) is 3.29. The summed E-state index contributed by atoms with van der Waals surface area (Å²) in [4.78, 5) is 7.81. The van der Waals surface area contributed by atoms with Gasteiger partial charge in [-0.15, -0.1) is 0 Å². The fourth-order valence-electron chi connectivity index (χ4n) is 3.20. The van der Waals surface area contributed by atoms with Gasteiger partial charge in [0, 0.05) is 29.4 Å². The summed E-state index contributed by atoms with van der Waals surface area (Å²) < 4.78 is 60.1. The molecular formula is C22H17F2N3O3S. The molecule has 6 nitrogen and oxygen atoms in total. The van der Waals surface area contributed by atoms with Gasteiger partial charge in [-0.3, -0.25) is 9.71 Å². The van der Waals surface area contributed by atoms with Gasteiger partial charge in [0.2, 0.25) is 5.88 Å². The van der Waals surface area contributed by atoms with Crippen LogP contribution >= 0.6 is 0 Å². The maximum absolute atomic E-state index is 14.0. The highest BCUT2D eigenvalue weighted by atomic mass is 32.2. The van der Waals surface area contributed by atoms with Crippen LogP contribution in [0.3, 0.4) is 0 Å². The number of sulfonamides is 1. The van der Waals surface area contributed by atoms with E-state index in [0.29, 0.717) is 11.6 Å². The summed E-state index contributed by atoms with van der Waals surface area (Å²) in [6.07, 6.45) is 3.27. The van der Waals surface area contributed by atoms with Crippen LogP contribution in [0.5, 0.6) is 5.88 Å². The Morgan fingerprint density at radius 3 is 2.52 bits per heavy atom. The van der Waals surface area contributed by atoms with Gasteiger partial charge in [-0.2, -0.15) is 0 Å². The minimum atomic E-state index is -4.36. The first-order valence-corrected chi connectivity index (χ1v) is 10.6. The van der Waals surface area contributed by atoms with Crippen LogP contribution < -0.4 is 9.46 Å². The summed E-state index contributed by atoms with van der Waals surface area (Å²) in [5.74, 6) is -2.07. The van der Waals surface area contributed by atoms with E-state index in [1.807, 2.05) is 31.2 Å². The Kier molecular flexibility index (Phi) is 5.28. The molecule has 2 aromatic heterocycles. The molecule has 0 aliphatic heterocycles. The molecule has 0 fully saturated rings. The van der Waals surface area contributed by atoms with Crippen molar-refractivity contribution in [2.24, 2.45) is 0 Å². The van der Waals surface area contributed by atoms with E-state index in [2.05, 4.69) is 14.7 Å². The number of hydrogen-bond acceptors (Lipinski definition) is 5. The molecule has 0 spiro atoms. The summed E-state index contributed by atoms with van der Waals surface area (Å²) >= 11 is 0. The minimum absolute atomic E-state index is 0.00785. The second-order valence-electron chi connectivity index (χ2n) is 6.82. The lowest BCUT2D eigenvalue weighted by atomic mass is 10.0. The number of fused-ring (bicyclic) bond motifs is 1. The number of nitrogens with zero attached hydrogens (tertiary/aromatic N) is 2. The molecule has 0 saturated heterocycles. The number of hydrogen-bond donors (Lipinski definition) is 1. The van der Waals surface area contributed by atoms with E-state index >= 15 is 0 Å². The van der Waals surface area contributed by atoms with Gasteiger partial charge in [-0.1, -0.05) is 6.07 Å². The molecule has 0 aliphatic carbocycles. The number of benzene rings is 2. The minimum Gasteiger partial charge on any atom is -0.480 e. The molecular weight excluding hydrogens is 424 g/mol. The molecule has 158 valence electrons. The Morgan fingerprint density at radius 1 is 0.968 bits per heavy atom. The van der Waals surface area contributed by atoms with E-state index in [4.69, 9.17) is 4.74 Å². The van der Waals surface area contributed by atoms with Gasteiger partial charge in [0.15, 0.2) is 0 Å². The predicted molar refractivity (Wildman–Crippen MR) is 113 cm³/mol. The summed E-state index contributed by atoms with van der Waals surface area (Å²) in [5, 5.41) is 0.950. The van der Waals surface area contributed by atoms with Crippen LogP contribution in [0, 0.1) is 18.6 Å². The van der Waals surface area contributed by atoms with Crippen molar-refractivity contribution in [2.45, 2.75) is 11.8 Å². The Bertz CT molecular complexity index is 1410. The third kappa shape index (κ3) is 4.04. The third-order valence-electron chi connectivity index (χ3n) is 4.77. The molecule has 2 heterocycles. The summed E-state index contributed by atoms with van der Waals surface area (Å²) in [6, 6.07) is 11.3. The Hall–Kier alpha value is -3.59. The van der Waals surface area contributed by atoms with Crippen molar-refractivity contribution in [2.75, 3.05) is 11.8 Å². The van der Waals surface area contributed by atoms with Crippen LogP contribution in [-0.2, 0) is 10.0 Å². The molecule has 0 bridgehead atoms. The lowest BCUT2D eigenvalue weighted by Gasteiger charge is -2.13. The quantitative estimate of drug-likeness (QED) is 0.486. The number of aryl methyl sites for hydroxylation is 1. The van der Waals surface area contributed by atoms with Crippen LogP contribution in [0.15, 0.2) is 65.8 Å². The Morgan fingerprint density at radius 2 is 1.77 bits per heavy atom. The fraction of sp³-hybridized carbons (Fsp3) is 0.0909. The zero-order valence-electron chi connectivity index (χ0n) is 16.6. The van der Waals surface area contributed by atoms with Crippen molar-refractivity contribution < 1.29 is 21.9 Å². The zero-order chi connectivity index (χ0) is 22.2. The molecule has 4 rings (SSSR count). The highest BCUT2D eigenvalue weighted by Crippen LogP contribution is 2.32. The smallest absolute Gasteiger partial charge is 0.264 e. The van der Waals surface area contributed by atoms with Crippen LogP contribution in [0.2, 0.25) is 0 Å². The lowest BCUT2D eigenvalue weighted by Crippen LogP contribution is -2.15. The van der Waals surface area contributed by atoms with Crippen molar-refractivity contribution in [3.8, 4) is 17.0 Å². The van der Waals surface area contributed by atoms with E-state index in [-0.39, 0.29) is 11.6 Å². The average Bonchev–Trinajstić information content (AvgIpc) is 2.73. The van der Waals surface area contributed by atoms with Crippen LogP contribution in [0.4, 0.5) is 14.5 Å². The molecule has 4 aromatic rings. The normalized spacial score (nSPS) is 11.5. The van der Waals surface area contributed by atoms with Gasteiger partial charge in [-0.05, 0) is 54.4 Å². The molecule has 2 aromatic carbocycles. The highest BCUT2D eigenvalue weighted by Gasteiger charge is 2.22. The molecule has 0 radical (unpaired) electrons. The Labute approximate surface area is 177 Å². The molecule has 0 aliphatic rings. The number of rotatable bonds is 5. The van der Waals surface area contributed by atoms with Gasteiger partial charge >= 0.3 is 0 Å². The molecule has 0 amide bonds. The van der Waals surface area contributed by atoms with Gasteiger partial charge in [-0.25, -0.2) is 22.2 Å². The average molecular weight is 441 g/mol. The molecule has 0 unspecified atom stereocenters. The second kappa shape index (κ2) is 7.92. The van der Waals surface area contributed by atoms with Crippen molar-refractivity contribution in [3.05, 3.63) is 78.1 Å².